The van der Waals surface area contributed by atoms with Crippen LogP contribution in [-0.4, -0.2) is 58.1 Å². The molecule has 1 aromatic heterocycles. The Kier molecular flexibility index (Phi) is 5.75. The molecule has 1 aliphatic heterocycles. The van der Waals surface area contributed by atoms with E-state index in [0.29, 0.717) is 12.3 Å². The molecule has 0 N–H and O–H groups in total. The van der Waals surface area contributed by atoms with Crippen molar-refractivity contribution in [2.75, 3.05) is 17.3 Å². The minimum absolute atomic E-state index is 0.0197. The number of benzene rings is 1. The lowest BCUT2D eigenvalue weighted by molar-refractivity contribution is -0.130. The highest BCUT2D eigenvalue weighted by Gasteiger charge is 2.41. The Balaban J connectivity index is 1.49. The number of amides is 1. The first-order chi connectivity index (χ1) is 13.9. The molecule has 2 heterocycles. The van der Waals surface area contributed by atoms with Crippen LogP contribution in [0.5, 0.6) is 0 Å². The second kappa shape index (κ2) is 8.14. The molecule has 1 saturated heterocycles. The molecule has 2 fully saturated rings. The normalized spacial score (nSPS) is 20.9. The largest absolute Gasteiger partial charge is 0.335 e. The predicted molar refractivity (Wildman–Crippen MR) is 115 cm³/mol. The molecule has 0 radical (unpaired) electrons. The fraction of sp³-hybridized carbons (Fsp3) is 0.524. The molecule has 1 aliphatic carbocycles. The van der Waals surface area contributed by atoms with Crippen molar-refractivity contribution in [2.45, 2.75) is 56.3 Å². The summed E-state index contributed by atoms with van der Waals surface area (Å²) in [5.74, 6) is 0.969. The molecule has 6 nitrogen and oxygen atoms in total. The van der Waals surface area contributed by atoms with E-state index in [1.54, 1.807) is 6.20 Å². The summed E-state index contributed by atoms with van der Waals surface area (Å²) in [5.41, 5.74) is 2.31. The van der Waals surface area contributed by atoms with Crippen molar-refractivity contribution in [2.24, 2.45) is 0 Å². The minimum Gasteiger partial charge on any atom is -0.335 e. The second-order valence-corrected chi connectivity index (χ2v) is 11.3. The number of nitrogens with zero attached hydrogens (tertiary/aromatic N) is 3. The molecule has 0 bridgehead atoms. The van der Waals surface area contributed by atoms with E-state index in [2.05, 4.69) is 31.0 Å². The number of hydrogen-bond donors (Lipinski definition) is 0. The van der Waals surface area contributed by atoms with Gasteiger partial charge in [0.1, 0.15) is 0 Å². The van der Waals surface area contributed by atoms with Crippen LogP contribution < -0.4 is 0 Å². The van der Waals surface area contributed by atoms with Gasteiger partial charge in [-0.15, -0.1) is 0 Å². The third-order valence-corrected chi connectivity index (χ3v) is 8.28. The molecular weight excluding hydrogens is 406 g/mol. The number of carbonyl (C=O) groups excluding carboxylic acids is 1. The number of aromatic nitrogens is 2. The average Bonchev–Trinajstić information content (AvgIpc) is 3.28. The molecule has 2 aromatic rings. The number of thioether (sulfide) groups is 1. The number of rotatable bonds is 7. The molecule has 1 unspecified atom stereocenters. The zero-order valence-electron chi connectivity index (χ0n) is 16.8. The number of para-hydroxylation sites is 1. The van der Waals surface area contributed by atoms with Crippen LogP contribution in [-0.2, 0) is 14.6 Å². The number of sulfone groups is 1. The monoisotopic (exact) mass is 433 g/mol. The zero-order valence-corrected chi connectivity index (χ0v) is 18.5. The standard InChI is InChI=1S/C21H27N3O3S2/c1-15(2)18-5-3-4-6-19(18)23-11-10-22-21(23)28-13-20(25)24(16-7-8-16)17-9-12-29(26,27)14-17/h3-6,10-11,15-17H,7-9,12-14H2,1-2H3. The Morgan fingerprint density at radius 1 is 1.24 bits per heavy atom. The lowest BCUT2D eigenvalue weighted by Gasteiger charge is -2.28. The first-order valence-corrected chi connectivity index (χ1v) is 12.9. The fourth-order valence-corrected chi connectivity index (χ4v) is 6.58. The van der Waals surface area contributed by atoms with E-state index in [0.717, 1.165) is 23.7 Å². The van der Waals surface area contributed by atoms with Crippen molar-refractivity contribution >= 4 is 27.5 Å². The highest BCUT2D eigenvalue weighted by Crippen LogP contribution is 2.34. The molecule has 0 spiro atoms. The Labute approximate surface area is 176 Å². The van der Waals surface area contributed by atoms with Gasteiger partial charge >= 0.3 is 0 Å². The topological polar surface area (TPSA) is 72.3 Å². The van der Waals surface area contributed by atoms with Gasteiger partial charge in [-0.25, -0.2) is 13.4 Å². The Morgan fingerprint density at radius 3 is 2.66 bits per heavy atom. The minimum atomic E-state index is -3.01. The molecule has 1 saturated carbocycles. The van der Waals surface area contributed by atoms with Crippen LogP contribution in [0.15, 0.2) is 41.8 Å². The predicted octanol–water partition coefficient (Wildman–Crippen LogP) is 3.27. The quantitative estimate of drug-likeness (QED) is 0.627. The van der Waals surface area contributed by atoms with Crippen LogP contribution in [0, 0.1) is 0 Å². The summed E-state index contributed by atoms with van der Waals surface area (Å²) in [4.78, 5) is 19.3. The molecule has 8 heteroatoms. The van der Waals surface area contributed by atoms with Crippen LogP contribution in [0.1, 0.15) is 44.6 Å². The fourth-order valence-electron chi connectivity index (χ4n) is 4.03. The molecule has 1 aromatic carbocycles. The van der Waals surface area contributed by atoms with E-state index < -0.39 is 9.84 Å². The summed E-state index contributed by atoms with van der Waals surface area (Å²) in [5, 5.41) is 0.779. The molecule has 1 amide bonds. The first kappa shape index (κ1) is 20.5. The number of imidazole rings is 1. The molecule has 4 rings (SSSR count). The highest BCUT2D eigenvalue weighted by molar-refractivity contribution is 7.99. The summed E-state index contributed by atoms with van der Waals surface area (Å²) < 4.78 is 25.8. The van der Waals surface area contributed by atoms with Crippen molar-refractivity contribution in [1.29, 1.82) is 0 Å². The molecule has 156 valence electrons. The van der Waals surface area contributed by atoms with Crippen LogP contribution in [0.4, 0.5) is 0 Å². The van der Waals surface area contributed by atoms with Gasteiger partial charge in [0.25, 0.3) is 0 Å². The number of carbonyl (C=O) groups is 1. The molecule has 1 atom stereocenters. The van der Waals surface area contributed by atoms with Crippen LogP contribution in [0.2, 0.25) is 0 Å². The van der Waals surface area contributed by atoms with Gasteiger partial charge in [0.15, 0.2) is 15.0 Å². The average molecular weight is 434 g/mol. The van der Waals surface area contributed by atoms with Gasteiger partial charge in [-0.05, 0) is 36.8 Å². The lowest BCUT2D eigenvalue weighted by Crippen LogP contribution is -2.43. The SMILES string of the molecule is CC(C)c1ccccc1-n1ccnc1SCC(=O)N(C1CC1)C1CCS(=O)(=O)C1. The van der Waals surface area contributed by atoms with Crippen molar-refractivity contribution in [1.82, 2.24) is 14.5 Å². The maximum atomic E-state index is 13.0. The van der Waals surface area contributed by atoms with Gasteiger partial charge in [0, 0.05) is 24.5 Å². The van der Waals surface area contributed by atoms with Gasteiger partial charge in [0.2, 0.25) is 5.91 Å². The van der Waals surface area contributed by atoms with Crippen molar-refractivity contribution in [3.05, 3.63) is 42.2 Å². The van der Waals surface area contributed by atoms with Crippen molar-refractivity contribution in [3.8, 4) is 5.69 Å². The van der Waals surface area contributed by atoms with E-state index in [9.17, 15) is 13.2 Å². The summed E-state index contributed by atoms with van der Waals surface area (Å²) in [7, 11) is -3.01. The Hall–Kier alpha value is -1.80. The van der Waals surface area contributed by atoms with Crippen molar-refractivity contribution in [3.63, 3.8) is 0 Å². The van der Waals surface area contributed by atoms with Crippen LogP contribution >= 0.6 is 11.8 Å². The van der Waals surface area contributed by atoms with E-state index >= 15 is 0 Å². The van der Waals surface area contributed by atoms with E-state index in [1.165, 1.54) is 17.3 Å². The van der Waals surface area contributed by atoms with Crippen LogP contribution in [0.3, 0.4) is 0 Å². The maximum absolute atomic E-state index is 13.0. The zero-order chi connectivity index (χ0) is 20.6. The van der Waals surface area contributed by atoms with E-state index in [1.807, 2.05) is 27.8 Å². The van der Waals surface area contributed by atoms with E-state index in [4.69, 9.17) is 0 Å². The Morgan fingerprint density at radius 2 is 2.00 bits per heavy atom. The summed E-state index contributed by atoms with van der Waals surface area (Å²) >= 11 is 1.42. The summed E-state index contributed by atoms with van der Waals surface area (Å²) in [6.45, 7) is 4.32. The first-order valence-electron chi connectivity index (χ1n) is 10.1. The van der Waals surface area contributed by atoms with Gasteiger partial charge in [0.05, 0.1) is 22.9 Å². The van der Waals surface area contributed by atoms with Gasteiger partial charge in [-0.3, -0.25) is 9.36 Å². The van der Waals surface area contributed by atoms with Crippen molar-refractivity contribution < 1.29 is 13.2 Å². The van der Waals surface area contributed by atoms with Gasteiger partial charge in [-0.2, -0.15) is 0 Å². The number of hydrogen-bond acceptors (Lipinski definition) is 5. The Bertz CT molecular complexity index is 996. The highest BCUT2D eigenvalue weighted by atomic mass is 32.2. The van der Waals surface area contributed by atoms with E-state index in [-0.39, 0.29) is 35.2 Å². The van der Waals surface area contributed by atoms with Gasteiger partial charge in [-0.1, -0.05) is 43.8 Å². The molecule has 2 aliphatic rings. The smallest absolute Gasteiger partial charge is 0.233 e. The summed E-state index contributed by atoms with van der Waals surface area (Å²) in [6, 6.07) is 8.29. The van der Waals surface area contributed by atoms with Gasteiger partial charge < -0.3 is 4.90 Å². The lowest BCUT2D eigenvalue weighted by atomic mass is 10.0. The maximum Gasteiger partial charge on any atom is 0.233 e. The molecular formula is C21H27N3O3S2. The molecule has 29 heavy (non-hydrogen) atoms. The third kappa shape index (κ3) is 4.53. The second-order valence-electron chi connectivity index (χ2n) is 8.17. The summed E-state index contributed by atoms with van der Waals surface area (Å²) in [6.07, 6.45) is 6.20. The third-order valence-electron chi connectivity index (χ3n) is 5.58. The van der Waals surface area contributed by atoms with Crippen LogP contribution in [0.25, 0.3) is 5.69 Å².